The number of nitrogens with zero attached hydrogens (tertiary/aromatic N) is 5. The Bertz CT molecular complexity index is 1110. The van der Waals surface area contributed by atoms with E-state index in [1.165, 1.54) is 0 Å². The summed E-state index contributed by atoms with van der Waals surface area (Å²) < 4.78 is 13.4. The highest BCUT2D eigenvalue weighted by molar-refractivity contribution is 5.88. The van der Waals surface area contributed by atoms with Gasteiger partial charge in [-0.2, -0.15) is 4.98 Å². The Hall–Kier alpha value is -3.04. The van der Waals surface area contributed by atoms with Gasteiger partial charge in [-0.25, -0.2) is 9.97 Å². The van der Waals surface area contributed by atoms with Crippen LogP contribution in [0.4, 0.5) is 5.95 Å². The van der Waals surface area contributed by atoms with Crippen LogP contribution in [0.15, 0.2) is 30.6 Å². The van der Waals surface area contributed by atoms with Crippen LogP contribution in [0.1, 0.15) is 51.1 Å². The molecule has 9 heteroatoms. The predicted octanol–water partition coefficient (Wildman–Crippen LogP) is 3.73. The van der Waals surface area contributed by atoms with Crippen LogP contribution in [0.2, 0.25) is 0 Å². The normalized spacial score (nSPS) is 14.1. The smallest absolute Gasteiger partial charge is 0.228 e. The zero-order valence-corrected chi connectivity index (χ0v) is 21.0. The summed E-state index contributed by atoms with van der Waals surface area (Å²) in [6.45, 7) is 8.45. The first-order chi connectivity index (χ1) is 17.1. The van der Waals surface area contributed by atoms with E-state index in [1.54, 1.807) is 7.05 Å². The zero-order chi connectivity index (χ0) is 24.6. The summed E-state index contributed by atoms with van der Waals surface area (Å²) >= 11 is 0. The summed E-state index contributed by atoms with van der Waals surface area (Å²) in [6, 6.07) is 8.59. The molecular formula is C26H36N6O3. The van der Waals surface area contributed by atoms with Gasteiger partial charge in [0.1, 0.15) is 11.2 Å². The molecule has 0 radical (unpaired) electrons. The van der Waals surface area contributed by atoms with Gasteiger partial charge in [0, 0.05) is 44.8 Å². The third-order valence-electron chi connectivity index (χ3n) is 6.23. The molecule has 0 aliphatic carbocycles. The summed E-state index contributed by atoms with van der Waals surface area (Å²) in [5, 5.41) is 2.65. The number of unbranched alkanes of at least 4 members (excludes halogenated alkanes) is 2. The predicted molar refractivity (Wildman–Crippen MR) is 136 cm³/mol. The summed E-state index contributed by atoms with van der Waals surface area (Å²) in [4.78, 5) is 27.9. The number of imidazole rings is 1. The van der Waals surface area contributed by atoms with Crippen molar-refractivity contribution >= 4 is 23.0 Å². The number of fused-ring (bicyclic) bond motifs is 1. The molecule has 3 heterocycles. The Labute approximate surface area is 206 Å². The summed E-state index contributed by atoms with van der Waals surface area (Å²) in [6.07, 6.45) is 5.27. The highest BCUT2D eigenvalue weighted by atomic mass is 16.5. The van der Waals surface area contributed by atoms with Crippen molar-refractivity contribution in [1.29, 1.82) is 0 Å². The number of hydrogen-bond donors (Lipinski definition) is 1. The van der Waals surface area contributed by atoms with Crippen LogP contribution in [-0.4, -0.2) is 65.4 Å². The highest BCUT2D eigenvalue weighted by Gasteiger charge is 2.20. The van der Waals surface area contributed by atoms with E-state index in [9.17, 15) is 4.79 Å². The molecule has 1 aliphatic heterocycles. The van der Waals surface area contributed by atoms with E-state index in [0.29, 0.717) is 32.8 Å². The molecule has 4 rings (SSSR count). The van der Waals surface area contributed by atoms with Crippen molar-refractivity contribution in [2.75, 3.05) is 44.9 Å². The maximum Gasteiger partial charge on any atom is 0.228 e. The van der Waals surface area contributed by atoms with E-state index >= 15 is 0 Å². The van der Waals surface area contributed by atoms with E-state index in [-0.39, 0.29) is 11.9 Å². The molecule has 0 saturated carbocycles. The second kappa shape index (κ2) is 12.1. The first-order valence-electron chi connectivity index (χ1n) is 12.5. The molecule has 35 heavy (non-hydrogen) atoms. The Morgan fingerprint density at radius 1 is 1.11 bits per heavy atom. The van der Waals surface area contributed by atoms with Crippen molar-refractivity contribution in [2.24, 2.45) is 0 Å². The molecule has 0 unspecified atom stereocenters. The number of anilines is 1. The molecule has 1 amide bonds. The fourth-order valence-corrected chi connectivity index (χ4v) is 4.13. The number of morpholine rings is 1. The molecule has 1 fully saturated rings. The van der Waals surface area contributed by atoms with Gasteiger partial charge in [0.25, 0.3) is 0 Å². The van der Waals surface area contributed by atoms with Crippen molar-refractivity contribution in [3.05, 3.63) is 36.2 Å². The zero-order valence-electron chi connectivity index (χ0n) is 21.0. The Morgan fingerprint density at radius 2 is 1.89 bits per heavy atom. The Morgan fingerprint density at radius 3 is 2.60 bits per heavy atom. The molecule has 0 atom stereocenters. The molecule has 0 spiro atoms. The molecule has 2 aromatic heterocycles. The number of carbonyl (C=O) groups is 1. The van der Waals surface area contributed by atoms with Crippen LogP contribution in [-0.2, 0) is 20.9 Å². The molecule has 188 valence electrons. The molecule has 1 aliphatic rings. The van der Waals surface area contributed by atoms with E-state index in [0.717, 1.165) is 66.3 Å². The van der Waals surface area contributed by atoms with Crippen molar-refractivity contribution in [3.63, 3.8) is 0 Å². The minimum atomic E-state index is 0.0972. The fourth-order valence-electron chi connectivity index (χ4n) is 4.13. The number of rotatable bonds is 11. The van der Waals surface area contributed by atoms with Gasteiger partial charge >= 0.3 is 0 Å². The third-order valence-corrected chi connectivity index (χ3v) is 6.23. The van der Waals surface area contributed by atoms with Crippen LogP contribution in [0.3, 0.4) is 0 Å². The number of hydrogen-bond acceptors (Lipinski definition) is 7. The summed E-state index contributed by atoms with van der Waals surface area (Å²) in [7, 11) is 1.67. The largest absolute Gasteiger partial charge is 0.378 e. The highest BCUT2D eigenvalue weighted by Crippen LogP contribution is 2.29. The maximum atomic E-state index is 11.3. The lowest BCUT2D eigenvalue weighted by molar-refractivity contribution is -0.120. The number of aromatic nitrogens is 4. The van der Waals surface area contributed by atoms with Crippen LogP contribution in [0, 0.1) is 0 Å². The Balaban J connectivity index is 1.44. The number of amides is 1. The second-order valence-corrected chi connectivity index (χ2v) is 9.12. The second-order valence-electron chi connectivity index (χ2n) is 9.12. The lowest BCUT2D eigenvalue weighted by Gasteiger charge is -2.27. The van der Waals surface area contributed by atoms with Crippen molar-refractivity contribution in [2.45, 2.75) is 52.2 Å². The number of benzene rings is 1. The van der Waals surface area contributed by atoms with E-state index in [2.05, 4.69) is 57.9 Å². The fraction of sp³-hybridized carbons (Fsp3) is 0.538. The van der Waals surface area contributed by atoms with Crippen LogP contribution < -0.4 is 10.2 Å². The van der Waals surface area contributed by atoms with Crippen molar-refractivity contribution < 1.29 is 14.3 Å². The number of nitrogens with one attached hydrogen (secondary N) is 1. The molecule has 1 N–H and O–H groups in total. The molecule has 1 saturated heterocycles. The minimum absolute atomic E-state index is 0.0972. The van der Waals surface area contributed by atoms with Gasteiger partial charge in [-0.3, -0.25) is 4.79 Å². The number of ether oxygens (including phenoxy) is 2. The molecule has 9 nitrogen and oxygen atoms in total. The summed E-state index contributed by atoms with van der Waals surface area (Å²) in [5.74, 6) is 0.821. The summed E-state index contributed by atoms with van der Waals surface area (Å²) in [5.41, 5.74) is 4.65. The Kier molecular flexibility index (Phi) is 8.65. The van der Waals surface area contributed by atoms with Gasteiger partial charge in [0.2, 0.25) is 11.9 Å². The third kappa shape index (κ3) is 6.35. The molecule has 0 bridgehead atoms. The SMILES string of the molecule is CNC(=O)CCCCCOCc1ccc(-c2nc(N3CCOCC3)nc3c2ncn3C(C)C)cc1. The molecular weight excluding hydrogens is 444 g/mol. The topological polar surface area (TPSA) is 94.4 Å². The van der Waals surface area contributed by atoms with Crippen LogP contribution in [0.5, 0.6) is 0 Å². The van der Waals surface area contributed by atoms with Crippen LogP contribution in [0.25, 0.3) is 22.4 Å². The van der Waals surface area contributed by atoms with Crippen molar-refractivity contribution in [1.82, 2.24) is 24.8 Å². The van der Waals surface area contributed by atoms with Gasteiger partial charge in [-0.1, -0.05) is 30.7 Å². The average Bonchev–Trinajstić information content (AvgIpc) is 3.33. The van der Waals surface area contributed by atoms with E-state index < -0.39 is 0 Å². The van der Waals surface area contributed by atoms with E-state index in [4.69, 9.17) is 19.4 Å². The first kappa shape index (κ1) is 25.1. The van der Waals surface area contributed by atoms with Gasteiger partial charge in [-0.15, -0.1) is 0 Å². The van der Waals surface area contributed by atoms with Gasteiger partial charge < -0.3 is 24.3 Å². The van der Waals surface area contributed by atoms with Gasteiger partial charge in [0.15, 0.2) is 5.65 Å². The lowest BCUT2D eigenvalue weighted by atomic mass is 10.1. The van der Waals surface area contributed by atoms with E-state index in [1.807, 2.05) is 6.33 Å². The molecule has 1 aromatic carbocycles. The van der Waals surface area contributed by atoms with Crippen LogP contribution >= 0.6 is 0 Å². The maximum absolute atomic E-state index is 11.3. The quantitative estimate of drug-likeness (QED) is 0.418. The first-order valence-corrected chi connectivity index (χ1v) is 12.5. The standard InChI is InChI=1S/C26H36N6O3/c1-19(2)32-18-28-24-23(29-26(30-25(24)32)31-12-15-34-16-13-31)21-10-8-20(9-11-21)17-35-14-6-4-5-7-22(33)27-3/h8-11,18-19H,4-7,12-17H2,1-3H3,(H,27,33). The minimum Gasteiger partial charge on any atom is -0.378 e. The number of carbonyl (C=O) groups excluding carboxylic acids is 1. The average molecular weight is 481 g/mol. The lowest BCUT2D eigenvalue weighted by Crippen LogP contribution is -2.37. The monoisotopic (exact) mass is 480 g/mol. The van der Waals surface area contributed by atoms with Gasteiger partial charge in [0.05, 0.1) is 26.1 Å². The molecule has 3 aromatic rings. The van der Waals surface area contributed by atoms with Crippen molar-refractivity contribution in [3.8, 4) is 11.3 Å². The van der Waals surface area contributed by atoms with Gasteiger partial charge in [-0.05, 0) is 32.3 Å².